The van der Waals surface area contributed by atoms with Gasteiger partial charge in [0.1, 0.15) is 12.1 Å². The predicted molar refractivity (Wildman–Crippen MR) is 127 cm³/mol. The Bertz CT molecular complexity index is 979. The number of urea groups is 1. The standard InChI is InChI=1S/C24H39N3O6S/c1-22(2,3)18(19(28)27-13-14-16(23(14,4)5)17(27)20(29)30)25-21(31)26-24(10-7-6-8-11-24)15-9-12-34(15,32)33/h14-18H,6-13H2,1-5H3,(H,29,30)(H2,25,26,31)/t14-,15?,16-,17-,18+/m0/s1. The van der Waals surface area contributed by atoms with E-state index in [0.29, 0.717) is 25.8 Å². The van der Waals surface area contributed by atoms with Gasteiger partial charge in [-0.1, -0.05) is 53.9 Å². The van der Waals surface area contributed by atoms with E-state index in [2.05, 4.69) is 10.6 Å². The number of hydrogen-bond donors (Lipinski definition) is 3. The fraction of sp³-hybridized carbons (Fsp3) is 0.875. The Labute approximate surface area is 202 Å². The summed E-state index contributed by atoms with van der Waals surface area (Å²) in [4.78, 5) is 40.3. The Morgan fingerprint density at radius 1 is 1.09 bits per heavy atom. The summed E-state index contributed by atoms with van der Waals surface area (Å²) < 4.78 is 24.9. The summed E-state index contributed by atoms with van der Waals surface area (Å²) in [5, 5.41) is 15.1. The maximum atomic E-state index is 13.6. The minimum absolute atomic E-state index is 0.0854. The maximum absolute atomic E-state index is 13.6. The topological polar surface area (TPSA) is 133 Å². The second-order valence-corrected chi connectivity index (χ2v) is 14.8. The molecule has 9 nitrogen and oxygen atoms in total. The third kappa shape index (κ3) is 4.09. The van der Waals surface area contributed by atoms with Gasteiger partial charge in [0.2, 0.25) is 5.91 Å². The first-order chi connectivity index (χ1) is 15.6. The van der Waals surface area contributed by atoms with Crippen LogP contribution in [0.25, 0.3) is 0 Å². The zero-order valence-electron chi connectivity index (χ0n) is 20.9. The minimum atomic E-state index is -3.22. The third-order valence-electron chi connectivity index (χ3n) is 8.96. The van der Waals surface area contributed by atoms with E-state index in [4.69, 9.17) is 0 Å². The molecule has 192 valence electrons. The van der Waals surface area contributed by atoms with Crippen LogP contribution in [0.5, 0.6) is 0 Å². The summed E-state index contributed by atoms with van der Waals surface area (Å²) in [6.07, 6.45) is 4.44. The number of nitrogens with zero attached hydrogens (tertiary/aromatic N) is 1. The summed E-state index contributed by atoms with van der Waals surface area (Å²) in [7, 11) is -3.22. The molecule has 2 heterocycles. The average Bonchev–Trinajstić information content (AvgIpc) is 3.06. The molecule has 5 atom stereocenters. The SMILES string of the molecule is CC(C)(C)[C@H](NC(=O)NC1(C2CCS2(=O)=O)CCCCC1)C(=O)N1C[C@H]2[C@@H]([C@H]1C(=O)O)C2(C)C. The lowest BCUT2D eigenvalue weighted by Gasteiger charge is -2.47. The fourth-order valence-electron chi connectivity index (χ4n) is 6.76. The first-order valence-corrected chi connectivity index (χ1v) is 14.2. The van der Waals surface area contributed by atoms with E-state index in [9.17, 15) is 27.9 Å². The van der Waals surface area contributed by atoms with E-state index in [0.717, 1.165) is 19.3 Å². The molecule has 2 aliphatic carbocycles. The molecule has 3 N–H and O–H groups in total. The van der Waals surface area contributed by atoms with Crippen molar-refractivity contribution in [3.8, 4) is 0 Å². The van der Waals surface area contributed by atoms with Crippen molar-refractivity contribution in [1.29, 1.82) is 0 Å². The summed E-state index contributed by atoms with van der Waals surface area (Å²) in [6.45, 7) is 9.93. The van der Waals surface area contributed by atoms with Gasteiger partial charge in [-0.25, -0.2) is 18.0 Å². The second kappa shape index (κ2) is 8.10. The number of fused-ring (bicyclic) bond motifs is 1. The van der Waals surface area contributed by atoms with Crippen LogP contribution >= 0.6 is 0 Å². The molecule has 0 radical (unpaired) electrons. The van der Waals surface area contributed by atoms with Crippen LogP contribution in [0.2, 0.25) is 0 Å². The number of hydrogen-bond acceptors (Lipinski definition) is 5. The molecule has 0 aromatic rings. The molecule has 2 aliphatic heterocycles. The van der Waals surface area contributed by atoms with E-state index in [-0.39, 0.29) is 23.0 Å². The number of aliphatic carboxylic acids is 1. The number of piperidine rings is 1. The first-order valence-electron chi connectivity index (χ1n) is 12.5. The van der Waals surface area contributed by atoms with E-state index in [1.165, 1.54) is 4.90 Å². The molecular weight excluding hydrogens is 458 g/mol. The van der Waals surface area contributed by atoms with Crippen LogP contribution < -0.4 is 10.6 Å². The smallest absolute Gasteiger partial charge is 0.326 e. The average molecular weight is 498 g/mol. The van der Waals surface area contributed by atoms with Gasteiger partial charge in [-0.05, 0) is 36.0 Å². The number of sulfone groups is 1. The largest absolute Gasteiger partial charge is 0.480 e. The summed E-state index contributed by atoms with van der Waals surface area (Å²) >= 11 is 0. The molecule has 34 heavy (non-hydrogen) atoms. The highest BCUT2D eigenvalue weighted by molar-refractivity contribution is 7.93. The van der Waals surface area contributed by atoms with Crippen LogP contribution in [-0.2, 0) is 19.4 Å². The molecule has 2 saturated heterocycles. The molecule has 0 aromatic heterocycles. The lowest BCUT2D eigenvalue weighted by atomic mass is 9.78. The lowest BCUT2D eigenvalue weighted by molar-refractivity contribution is -0.152. The highest BCUT2D eigenvalue weighted by Gasteiger charge is 2.70. The van der Waals surface area contributed by atoms with Crippen molar-refractivity contribution >= 4 is 27.7 Å². The van der Waals surface area contributed by atoms with Crippen molar-refractivity contribution in [2.45, 2.75) is 96.0 Å². The number of carboxylic acids is 1. The van der Waals surface area contributed by atoms with Crippen LogP contribution in [0, 0.1) is 22.7 Å². The maximum Gasteiger partial charge on any atom is 0.326 e. The Hall–Kier alpha value is -1.84. The Morgan fingerprint density at radius 3 is 2.18 bits per heavy atom. The highest BCUT2D eigenvalue weighted by Crippen LogP contribution is 2.65. The molecule has 4 fully saturated rings. The van der Waals surface area contributed by atoms with Gasteiger partial charge in [0.15, 0.2) is 9.84 Å². The van der Waals surface area contributed by atoms with Crippen LogP contribution in [0.3, 0.4) is 0 Å². The molecule has 3 amide bonds. The number of carbonyl (C=O) groups excluding carboxylic acids is 2. The van der Waals surface area contributed by atoms with Crippen LogP contribution in [0.15, 0.2) is 0 Å². The number of amides is 3. The van der Waals surface area contributed by atoms with E-state index < -0.39 is 56.0 Å². The molecule has 0 aromatic carbocycles. The van der Waals surface area contributed by atoms with Gasteiger partial charge >= 0.3 is 12.0 Å². The van der Waals surface area contributed by atoms with Gasteiger partial charge in [-0.15, -0.1) is 0 Å². The van der Waals surface area contributed by atoms with Crippen molar-refractivity contribution in [2.75, 3.05) is 12.3 Å². The minimum Gasteiger partial charge on any atom is -0.480 e. The molecular formula is C24H39N3O6S. The van der Waals surface area contributed by atoms with Gasteiger partial charge < -0.3 is 20.6 Å². The van der Waals surface area contributed by atoms with E-state index in [1.54, 1.807) is 0 Å². The zero-order valence-corrected chi connectivity index (χ0v) is 21.7. The second-order valence-electron chi connectivity index (χ2n) is 12.5. The lowest BCUT2D eigenvalue weighted by Crippen LogP contribution is -2.67. The van der Waals surface area contributed by atoms with Gasteiger partial charge in [-0.2, -0.15) is 0 Å². The molecule has 0 bridgehead atoms. The first kappa shape index (κ1) is 25.3. The van der Waals surface area contributed by atoms with Crippen molar-refractivity contribution in [2.24, 2.45) is 22.7 Å². The van der Waals surface area contributed by atoms with E-state index >= 15 is 0 Å². The highest BCUT2D eigenvalue weighted by atomic mass is 32.2. The Morgan fingerprint density at radius 2 is 1.71 bits per heavy atom. The quantitative estimate of drug-likeness (QED) is 0.533. The van der Waals surface area contributed by atoms with E-state index in [1.807, 2.05) is 34.6 Å². The third-order valence-corrected chi connectivity index (χ3v) is 11.3. The number of likely N-dealkylation sites (tertiary alicyclic amines) is 1. The van der Waals surface area contributed by atoms with Gasteiger partial charge in [0.05, 0.1) is 16.5 Å². The number of carboxylic acid groups (broad SMARTS) is 1. The molecule has 10 heteroatoms. The van der Waals surface area contributed by atoms with Crippen molar-refractivity contribution in [3.63, 3.8) is 0 Å². The van der Waals surface area contributed by atoms with Gasteiger partial charge in [0, 0.05) is 12.5 Å². The van der Waals surface area contributed by atoms with Crippen molar-refractivity contribution in [3.05, 3.63) is 0 Å². The molecule has 1 unspecified atom stereocenters. The van der Waals surface area contributed by atoms with Gasteiger partial charge in [0.25, 0.3) is 0 Å². The normalized spacial score (nSPS) is 33.7. The van der Waals surface area contributed by atoms with Crippen molar-refractivity contribution < 1.29 is 27.9 Å². The number of nitrogens with one attached hydrogen (secondary N) is 2. The molecule has 0 spiro atoms. The predicted octanol–water partition coefficient (Wildman–Crippen LogP) is 2.16. The van der Waals surface area contributed by atoms with Gasteiger partial charge in [-0.3, -0.25) is 4.79 Å². The Balaban J connectivity index is 1.52. The Kier molecular flexibility index (Phi) is 6.02. The molecule has 2 saturated carbocycles. The summed E-state index contributed by atoms with van der Waals surface area (Å²) in [5.74, 6) is -1.21. The van der Waals surface area contributed by atoms with Crippen LogP contribution in [-0.4, -0.2) is 71.5 Å². The summed E-state index contributed by atoms with van der Waals surface area (Å²) in [6, 6.07) is -2.39. The molecule has 4 aliphatic rings. The van der Waals surface area contributed by atoms with Crippen LogP contribution in [0.4, 0.5) is 4.79 Å². The number of carbonyl (C=O) groups is 3. The van der Waals surface area contributed by atoms with Crippen LogP contribution in [0.1, 0.15) is 73.1 Å². The monoisotopic (exact) mass is 497 g/mol. The fourth-order valence-corrected chi connectivity index (χ4v) is 8.60. The molecule has 4 rings (SSSR count). The van der Waals surface area contributed by atoms with Crippen molar-refractivity contribution in [1.82, 2.24) is 15.5 Å². The number of rotatable bonds is 5. The summed E-state index contributed by atoms with van der Waals surface area (Å²) in [5.41, 5.74) is -1.58. The zero-order chi connectivity index (χ0) is 25.3.